The highest BCUT2D eigenvalue weighted by Crippen LogP contribution is 2.27. The molecule has 0 amide bonds. The van der Waals surface area contributed by atoms with Crippen molar-refractivity contribution in [1.82, 2.24) is 9.80 Å². The molecule has 1 aromatic rings. The van der Waals surface area contributed by atoms with Gasteiger partial charge in [-0.25, -0.2) is 0 Å². The maximum absolute atomic E-state index is 12.3. The number of rotatable bonds is 6. The van der Waals surface area contributed by atoms with Crippen molar-refractivity contribution >= 4 is 5.78 Å². The first-order valence-electron chi connectivity index (χ1n) is 7.98. The number of carbonyl (C=O) groups is 1. The fourth-order valence-corrected chi connectivity index (χ4v) is 2.92. The second-order valence-electron chi connectivity index (χ2n) is 5.92. The molecule has 1 saturated heterocycles. The van der Waals surface area contributed by atoms with Gasteiger partial charge in [0.15, 0.2) is 5.78 Å². The van der Waals surface area contributed by atoms with Crippen molar-refractivity contribution in [2.75, 3.05) is 39.3 Å². The zero-order valence-corrected chi connectivity index (χ0v) is 12.8. The standard InChI is InChI=1S/C17H24N2O2/c1-2-21-16-7-3-14(4-8-16)17(20)13-18-9-11-19(12-10-18)15-5-6-15/h3-4,7-8,15H,2,5-6,9-13H2,1H3. The highest BCUT2D eigenvalue weighted by atomic mass is 16.5. The van der Waals surface area contributed by atoms with Gasteiger partial charge in [-0.05, 0) is 44.0 Å². The summed E-state index contributed by atoms with van der Waals surface area (Å²) in [4.78, 5) is 17.2. The smallest absolute Gasteiger partial charge is 0.176 e. The quantitative estimate of drug-likeness (QED) is 0.750. The van der Waals surface area contributed by atoms with Crippen LogP contribution < -0.4 is 4.74 Å². The molecule has 1 aliphatic heterocycles. The molecule has 1 heterocycles. The van der Waals surface area contributed by atoms with E-state index in [4.69, 9.17) is 4.74 Å². The molecule has 1 aliphatic carbocycles. The minimum Gasteiger partial charge on any atom is -0.494 e. The summed E-state index contributed by atoms with van der Waals surface area (Å²) in [7, 11) is 0. The van der Waals surface area contributed by atoms with E-state index in [1.807, 2.05) is 31.2 Å². The van der Waals surface area contributed by atoms with Gasteiger partial charge in [-0.2, -0.15) is 0 Å². The van der Waals surface area contributed by atoms with Gasteiger partial charge in [-0.3, -0.25) is 14.6 Å². The van der Waals surface area contributed by atoms with E-state index in [2.05, 4.69) is 9.80 Å². The number of hydrogen-bond donors (Lipinski definition) is 0. The largest absolute Gasteiger partial charge is 0.494 e. The molecule has 114 valence electrons. The molecule has 0 bridgehead atoms. The minimum absolute atomic E-state index is 0.206. The molecule has 0 spiro atoms. The van der Waals surface area contributed by atoms with Gasteiger partial charge in [0.25, 0.3) is 0 Å². The van der Waals surface area contributed by atoms with Gasteiger partial charge in [0.2, 0.25) is 0 Å². The van der Waals surface area contributed by atoms with Crippen LogP contribution in [-0.2, 0) is 0 Å². The first-order valence-corrected chi connectivity index (χ1v) is 7.98. The lowest BCUT2D eigenvalue weighted by molar-refractivity contribution is 0.0843. The third-order valence-corrected chi connectivity index (χ3v) is 4.32. The molecule has 3 rings (SSSR count). The van der Waals surface area contributed by atoms with Crippen molar-refractivity contribution in [3.63, 3.8) is 0 Å². The summed E-state index contributed by atoms with van der Waals surface area (Å²) in [5.74, 6) is 1.03. The number of piperazine rings is 1. The van der Waals surface area contributed by atoms with E-state index in [-0.39, 0.29) is 5.78 Å². The number of ketones is 1. The van der Waals surface area contributed by atoms with Gasteiger partial charge in [-0.1, -0.05) is 0 Å². The predicted octanol–water partition coefficient (Wildman–Crippen LogP) is 2.05. The Morgan fingerprint density at radius 3 is 2.38 bits per heavy atom. The third-order valence-electron chi connectivity index (χ3n) is 4.32. The molecular formula is C17H24N2O2. The van der Waals surface area contributed by atoms with Crippen LogP contribution in [0.15, 0.2) is 24.3 Å². The maximum atomic E-state index is 12.3. The molecule has 0 radical (unpaired) electrons. The van der Waals surface area contributed by atoms with Crippen LogP contribution in [0.3, 0.4) is 0 Å². The van der Waals surface area contributed by atoms with E-state index in [1.165, 1.54) is 12.8 Å². The van der Waals surface area contributed by atoms with E-state index in [9.17, 15) is 4.79 Å². The molecule has 4 nitrogen and oxygen atoms in total. The van der Waals surface area contributed by atoms with Crippen molar-refractivity contribution in [1.29, 1.82) is 0 Å². The van der Waals surface area contributed by atoms with Gasteiger partial charge in [0, 0.05) is 37.8 Å². The Morgan fingerprint density at radius 1 is 1.14 bits per heavy atom. The van der Waals surface area contributed by atoms with Crippen LogP contribution in [0.5, 0.6) is 5.75 Å². The zero-order valence-electron chi connectivity index (χ0n) is 12.8. The second kappa shape index (κ2) is 6.58. The molecule has 2 fully saturated rings. The SMILES string of the molecule is CCOc1ccc(C(=O)CN2CCN(C3CC3)CC2)cc1. The Balaban J connectivity index is 1.49. The highest BCUT2D eigenvalue weighted by Gasteiger charge is 2.31. The summed E-state index contributed by atoms with van der Waals surface area (Å²) in [6.07, 6.45) is 2.73. The fraction of sp³-hybridized carbons (Fsp3) is 0.588. The van der Waals surface area contributed by atoms with E-state index in [0.29, 0.717) is 13.2 Å². The van der Waals surface area contributed by atoms with Gasteiger partial charge in [0.05, 0.1) is 13.2 Å². The van der Waals surface area contributed by atoms with E-state index in [0.717, 1.165) is 43.5 Å². The molecule has 2 aliphatic rings. The number of ether oxygens (including phenoxy) is 1. The Kier molecular flexibility index (Phi) is 4.56. The van der Waals surface area contributed by atoms with Crippen LogP contribution in [0.25, 0.3) is 0 Å². The van der Waals surface area contributed by atoms with Crippen LogP contribution in [0.4, 0.5) is 0 Å². The van der Waals surface area contributed by atoms with Crippen LogP contribution in [0, 0.1) is 0 Å². The Morgan fingerprint density at radius 2 is 1.81 bits per heavy atom. The average Bonchev–Trinajstić information content (AvgIpc) is 3.34. The molecule has 0 N–H and O–H groups in total. The van der Waals surface area contributed by atoms with Crippen molar-refractivity contribution in [3.05, 3.63) is 29.8 Å². The summed E-state index contributed by atoms with van der Waals surface area (Å²) >= 11 is 0. The van der Waals surface area contributed by atoms with E-state index < -0.39 is 0 Å². The van der Waals surface area contributed by atoms with Gasteiger partial charge >= 0.3 is 0 Å². The Labute approximate surface area is 126 Å². The number of benzene rings is 1. The van der Waals surface area contributed by atoms with Crippen molar-refractivity contribution in [3.8, 4) is 5.75 Å². The van der Waals surface area contributed by atoms with Crippen LogP contribution >= 0.6 is 0 Å². The maximum Gasteiger partial charge on any atom is 0.176 e. The summed E-state index contributed by atoms with van der Waals surface area (Å²) in [5, 5.41) is 0. The van der Waals surface area contributed by atoms with Crippen LogP contribution in [-0.4, -0.2) is 61.0 Å². The summed E-state index contributed by atoms with van der Waals surface area (Å²) in [6.45, 7) is 7.40. The van der Waals surface area contributed by atoms with Crippen molar-refractivity contribution in [2.45, 2.75) is 25.8 Å². The first-order chi connectivity index (χ1) is 10.3. The summed E-state index contributed by atoms with van der Waals surface area (Å²) in [6, 6.07) is 8.33. The molecule has 1 saturated carbocycles. The molecule has 1 aromatic carbocycles. The molecular weight excluding hydrogens is 264 g/mol. The first kappa shape index (κ1) is 14.5. The van der Waals surface area contributed by atoms with Crippen molar-refractivity contribution in [2.24, 2.45) is 0 Å². The summed E-state index contributed by atoms with van der Waals surface area (Å²) in [5.41, 5.74) is 0.781. The van der Waals surface area contributed by atoms with E-state index in [1.54, 1.807) is 0 Å². The third kappa shape index (κ3) is 3.83. The van der Waals surface area contributed by atoms with Crippen LogP contribution in [0.1, 0.15) is 30.1 Å². The molecule has 0 unspecified atom stereocenters. The molecule has 4 heteroatoms. The van der Waals surface area contributed by atoms with Gasteiger partial charge in [0.1, 0.15) is 5.75 Å². The van der Waals surface area contributed by atoms with Gasteiger partial charge < -0.3 is 4.74 Å². The lowest BCUT2D eigenvalue weighted by atomic mass is 10.1. The molecule has 21 heavy (non-hydrogen) atoms. The van der Waals surface area contributed by atoms with Gasteiger partial charge in [-0.15, -0.1) is 0 Å². The number of Topliss-reactive ketones (excluding diaryl/α,β-unsaturated/α-hetero) is 1. The van der Waals surface area contributed by atoms with Crippen LogP contribution in [0.2, 0.25) is 0 Å². The predicted molar refractivity (Wildman–Crippen MR) is 83.0 cm³/mol. The monoisotopic (exact) mass is 288 g/mol. The van der Waals surface area contributed by atoms with E-state index >= 15 is 0 Å². The average molecular weight is 288 g/mol. The zero-order chi connectivity index (χ0) is 14.7. The lowest BCUT2D eigenvalue weighted by Gasteiger charge is -2.34. The molecule has 0 aromatic heterocycles. The minimum atomic E-state index is 0.206. The highest BCUT2D eigenvalue weighted by molar-refractivity contribution is 5.97. The Hall–Kier alpha value is -1.39. The number of carbonyl (C=O) groups excluding carboxylic acids is 1. The molecule has 0 atom stereocenters. The Bertz CT molecular complexity index is 474. The van der Waals surface area contributed by atoms with Crippen molar-refractivity contribution < 1.29 is 9.53 Å². The second-order valence-corrected chi connectivity index (χ2v) is 5.92. The number of hydrogen-bond acceptors (Lipinski definition) is 4. The summed E-state index contributed by atoms with van der Waals surface area (Å²) < 4.78 is 5.40. The lowest BCUT2D eigenvalue weighted by Crippen LogP contribution is -2.48. The fourth-order valence-electron chi connectivity index (χ4n) is 2.92. The number of nitrogens with zero attached hydrogens (tertiary/aromatic N) is 2. The normalized spacial score (nSPS) is 20.4. The topological polar surface area (TPSA) is 32.8 Å².